The Bertz CT molecular complexity index is 1370. The van der Waals surface area contributed by atoms with E-state index in [1.54, 1.807) is 29.2 Å². The van der Waals surface area contributed by atoms with Gasteiger partial charge in [-0.25, -0.2) is 18.8 Å². The number of amides is 3. The summed E-state index contributed by atoms with van der Waals surface area (Å²) >= 11 is 0. The summed E-state index contributed by atoms with van der Waals surface area (Å²) in [7, 11) is 0. The number of hydrogen-bond acceptors (Lipinski definition) is 4. The van der Waals surface area contributed by atoms with Gasteiger partial charge >= 0.3 is 18.1 Å². The topological polar surface area (TPSA) is 124 Å². The van der Waals surface area contributed by atoms with E-state index in [1.807, 2.05) is 12.1 Å². The van der Waals surface area contributed by atoms with Crippen molar-refractivity contribution >= 4 is 29.5 Å². The lowest BCUT2D eigenvalue weighted by Crippen LogP contribution is -2.39. The molecule has 0 unspecified atom stereocenters. The predicted molar refractivity (Wildman–Crippen MR) is 143 cm³/mol. The number of nitrogens with one attached hydrogen (secondary N) is 3. The lowest BCUT2D eigenvalue weighted by molar-refractivity contribution is 0.0351. The zero-order valence-electron chi connectivity index (χ0n) is 21.4. The number of carboxylic acids is 1. The normalized spacial score (nSPS) is 18.6. The summed E-state index contributed by atoms with van der Waals surface area (Å²) in [5.41, 5.74) is 3.92. The Balaban J connectivity index is 1.08. The number of carboxylic acid groups (broad SMARTS) is 1. The van der Waals surface area contributed by atoms with Crippen LogP contribution in [0.5, 0.6) is 0 Å². The van der Waals surface area contributed by atoms with Gasteiger partial charge < -0.3 is 30.4 Å². The molecule has 5 rings (SSSR count). The van der Waals surface area contributed by atoms with Gasteiger partial charge in [0.25, 0.3) is 0 Å². The van der Waals surface area contributed by atoms with Gasteiger partial charge in [0.15, 0.2) is 0 Å². The molecule has 0 bridgehead atoms. The summed E-state index contributed by atoms with van der Waals surface area (Å²) in [6, 6.07) is 12.6. The number of fused-ring (bicyclic) bond motifs is 1. The van der Waals surface area contributed by atoms with Crippen molar-refractivity contribution in [3.63, 3.8) is 0 Å². The molecule has 1 aromatic heterocycles. The second-order valence-electron chi connectivity index (χ2n) is 10.2. The number of anilines is 2. The summed E-state index contributed by atoms with van der Waals surface area (Å²) < 4.78 is 19.6. The highest BCUT2D eigenvalue weighted by Crippen LogP contribution is 2.30. The van der Waals surface area contributed by atoms with Crippen LogP contribution in [0.15, 0.2) is 54.7 Å². The molecule has 2 heterocycles. The van der Waals surface area contributed by atoms with Crippen LogP contribution in [0.25, 0.3) is 0 Å². The number of urea groups is 1. The summed E-state index contributed by atoms with van der Waals surface area (Å²) in [6.45, 7) is 0.953. The molecule has 1 saturated carbocycles. The molecule has 1 aliphatic carbocycles. The van der Waals surface area contributed by atoms with E-state index in [0.29, 0.717) is 31.1 Å². The lowest BCUT2D eigenvalue weighted by atomic mass is 9.84. The van der Waals surface area contributed by atoms with Crippen LogP contribution in [-0.2, 0) is 24.1 Å². The molecule has 3 aromatic rings. The first-order chi connectivity index (χ1) is 18.8. The minimum absolute atomic E-state index is 0.102. The third-order valence-corrected chi connectivity index (χ3v) is 7.42. The number of benzene rings is 2. The van der Waals surface area contributed by atoms with Crippen LogP contribution in [-0.4, -0.2) is 45.7 Å². The van der Waals surface area contributed by atoms with Crippen molar-refractivity contribution in [2.24, 2.45) is 5.92 Å². The molecule has 10 heteroatoms. The minimum Gasteiger partial charge on any atom is -0.478 e. The number of aromatic nitrogens is 1. The zero-order chi connectivity index (χ0) is 27.4. The molecule has 1 fully saturated rings. The number of para-hydroxylation sites is 1. The number of carbonyl (C=O) groups is 3. The Kier molecular flexibility index (Phi) is 7.81. The largest absolute Gasteiger partial charge is 0.478 e. The van der Waals surface area contributed by atoms with E-state index in [9.17, 15) is 18.8 Å². The van der Waals surface area contributed by atoms with Crippen LogP contribution in [0.1, 0.15) is 52.9 Å². The molecule has 0 spiro atoms. The van der Waals surface area contributed by atoms with Crippen LogP contribution in [0, 0.1) is 11.7 Å². The van der Waals surface area contributed by atoms with Gasteiger partial charge in [0, 0.05) is 30.7 Å². The molecule has 39 heavy (non-hydrogen) atoms. The van der Waals surface area contributed by atoms with E-state index in [-0.39, 0.29) is 23.4 Å². The van der Waals surface area contributed by atoms with Crippen molar-refractivity contribution in [3.8, 4) is 0 Å². The highest BCUT2D eigenvalue weighted by molar-refractivity contribution is 5.99. The number of carbonyl (C=O) groups excluding carboxylic acids is 2. The number of rotatable bonds is 6. The fraction of sp³-hybridized carbons (Fsp3) is 0.345. The first-order valence-corrected chi connectivity index (χ1v) is 13.1. The van der Waals surface area contributed by atoms with Gasteiger partial charge in [0.05, 0.1) is 11.3 Å². The van der Waals surface area contributed by atoms with Gasteiger partial charge in [-0.15, -0.1) is 0 Å². The third kappa shape index (κ3) is 6.57. The second-order valence-corrected chi connectivity index (χ2v) is 10.2. The Morgan fingerprint density at radius 1 is 1.03 bits per heavy atom. The highest BCUT2D eigenvalue weighted by atomic mass is 19.1. The predicted octanol–water partition coefficient (Wildman–Crippen LogP) is 5.79. The molecule has 1 aliphatic heterocycles. The molecule has 4 N–H and O–H groups in total. The van der Waals surface area contributed by atoms with E-state index in [1.165, 1.54) is 18.3 Å². The number of hydrogen-bond donors (Lipinski definition) is 4. The first-order valence-electron chi connectivity index (χ1n) is 13.1. The van der Waals surface area contributed by atoms with E-state index >= 15 is 0 Å². The van der Waals surface area contributed by atoms with Crippen LogP contribution >= 0.6 is 0 Å². The second kappa shape index (κ2) is 11.6. The average Bonchev–Trinajstić information content (AvgIpc) is 3.40. The van der Waals surface area contributed by atoms with E-state index < -0.39 is 17.8 Å². The molecule has 0 atom stereocenters. The number of aromatic amines is 1. The number of ether oxygens (including phenoxy) is 1. The summed E-state index contributed by atoms with van der Waals surface area (Å²) in [5, 5.41) is 14.3. The van der Waals surface area contributed by atoms with Crippen LogP contribution in [0.4, 0.5) is 25.4 Å². The first kappa shape index (κ1) is 26.3. The number of halogens is 1. The highest BCUT2D eigenvalue weighted by Gasteiger charge is 2.28. The van der Waals surface area contributed by atoms with Gasteiger partial charge in [-0.2, -0.15) is 0 Å². The van der Waals surface area contributed by atoms with Crippen molar-refractivity contribution in [2.75, 3.05) is 17.2 Å². The number of nitrogens with zero attached hydrogens (tertiary/aromatic N) is 1. The van der Waals surface area contributed by atoms with Crippen molar-refractivity contribution in [2.45, 2.75) is 51.2 Å². The lowest BCUT2D eigenvalue weighted by Gasteiger charge is -2.32. The van der Waals surface area contributed by atoms with Gasteiger partial charge in [-0.3, -0.25) is 0 Å². The SMILES string of the molecule is O=C(Nc1ccc2c(c1)CCN(C(=O)OC1CCC(Cc3cc(C(=O)O)c[nH]3)CC1)C2)Nc1ccccc1F. The van der Waals surface area contributed by atoms with Crippen molar-refractivity contribution in [3.05, 3.63) is 82.9 Å². The van der Waals surface area contributed by atoms with Crippen molar-refractivity contribution in [1.29, 1.82) is 0 Å². The standard InChI is InChI=1S/C29H31FN4O5/c30-25-3-1-2-4-26(25)33-28(37)32-22-8-7-20-17-34(12-11-19(20)14-22)29(38)39-24-9-5-18(6-10-24)13-23-15-21(16-31-23)27(35)36/h1-4,7-8,14-16,18,24,31H,5-6,9-13,17H2,(H,35,36)(H2,32,33,37). The Labute approximate surface area is 225 Å². The van der Waals surface area contributed by atoms with Crippen molar-refractivity contribution in [1.82, 2.24) is 9.88 Å². The minimum atomic E-state index is -0.936. The fourth-order valence-electron chi connectivity index (χ4n) is 5.30. The Morgan fingerprint density at radius 2 is 1.82 bits per heavy atom. The van der Waals surface area contributed by atoms with Gasteiger partial charge in [-0.1, -0.05) is 18.2 Å². The maximum Gasteiger partial charge on any atom is 0.410 e. The van der Waals surface area contributed by atoms with Crippen LogP contribution < -0.4 is 10.6 Å². The molecule has 0 radical (unpaired) electrons. The Hall–Kier alpha value is -4.34. The van der Waals surface area contributed by atoms with Gasteiger partial charge in [0.2, 0.25) is 0 Å². The van der Waals surface area contributed by atoms with Gasteiger partial charge in [0.1, 0.15) is 11.9 Å². The molecular formula is C29H31FN4O5. The molecule has 0 saturated heterocycles. The molecule has 9 nitrogen and oxygen atoms in total. The summed E-state index contributed by atoms with van der Waals surface area (Å²) in [4.78, 5) is 41.0. The summed E-state index contributed by atoms with van der Waals surface area (Å²) in [6.07, 6.45) is 5.93. The molecule has 2 aliphatic rings. The van der Waals surface area contributed by atoms with E-state index in [0.717, 1.165) is 48.9 Å². The van der Waals surface area contributed by atoms with Crippen molar-refractivity contribution < 1.29 is 28.6 Å². The monoisotopic (exact) mass is 534 g/mol. The maximum atomic E-state index is 13.8. The van der Waals surface area contributed by atoms with E-state index in [2.05, 4.69) is 15.6 Å². The van der Waals surface area contributed by atoms with Crippen LogP contribution in [0.3, 0.4) is 0 Å². The quantitative estimate of drug-likeness (QED) is 0.319. The van der Waals surface area contributed by atoms with Crippen LogP contribution in [0.2, 0.25) is 0 Å². The van der Waals surface area contributed by atoms with E-state index in [4.69, 9.17) is 9.84 Å². The number of aromatic carboxylic acids is 1. The molecular weight excluding hydrogens is 503 g/mol. The molecule has 2 aromatic carbocycles. The smallest absolute Gasteiger partial charge is 0.410 e. The molecule has 204 valence electrons. The summed E-state index contributed by atoms with van der Waals surface area (Å²) in [5.74, 6) is -1.01. The third-order valence-electron chi connectivity index (χ3n) is 7.42. The Morgan fingerprint density at radius 3 is 2.56 bits per heavy atom. The zero-order valence-corrected chi connectivity index (χ0v) is 21.4. The van der Waals surface area contributed by atoms with Gasteiger partial charge in [-0.05, 0) is 85.9 Å². The average molecular weight is 535 g/mol. The number of H-pyrrole nitrogens is 1. The molecule has 3 amide bonds. The fourth-order valence-corrected chi connectivity index (χ4v) is 5.30. The maximum absolute atomic E-state index is 13.8.